The topological polar surface area (TPSA) is 50.4 Å². The monoisotopic (exact) mass is 320 g/mol. The number of rotatable bonds is 8. The maximum atomic E-state index is 11.8. The lowest BCUT2D eigenvalue weighted by atomic mass is 10.0. The lowest BCUT2D eigenvalue weighted by Crippen LogP contribution is -2.43. The number of amides is 1. The van der Waals surface area contributed by atoms with Crippen LogP contribution in [-0.2, 0) is 4.74 Å². The first-order valence-electron chi connectivity index (χ1n) is 8.59. The molecule has 0 bridgehead atoms. The Morgan fingerprint density at radius 3 is 2.43 bits per heavy atom. The van der Waals surface area contributed by atoms with Crippen LogP contribution in [-0.4, -0.2) is 24.3 Å². The van der Waals surface area contributed by atoms with E-state index in [0.717, 1.165) is 6.42 Å². The van der Waals surface area contributed by atoms with Crippen LogP contribution in [0.2, 0.25) is 0 Å². The van der Waals surface area contributed by atoms with Crippen LogP contribution in [0.3, 0.4) is 0 Å². The van der Waals surface area contributed by atoms with E-state index in [1.165, 1.54) is 18.4 Å². The highest BCUT2D eigenvalue weighted by atomic mass is 16.6. The molecule has 1 aromatic rings. The minimum atomic E-state index is -0.467. The molecule has 0 aliphatic rings. The fourth-order valence-corrected chi connectivity index (χ4v) is 2.36. The molecule has 1 aromatic carbocycles. The van der Waals surface area contributed by atoms with Gasteiger partial charge < -0.3 is 15.4 Å². The van der Waals surface area contributed by atoms with Crippen molar-refractivity contribution in [2.45, 2.75) is 71.6 Å². The van der Waals surface area contributed by atoms with Crippen LogP contribution in [0.4, 0.5) is 4.79 Å². The zero-order valence-electron chi connectivity index (χ0n) is 15.2. The largest absolute Gasteiger partial charge is 0.444 e. The van der Waals surface area contributed by atoms with Gasteiger partial charge in [0.2, 0.25) is 0 Å². The first kappa shape index (κ1) is 19.5. The van der Waals surface area contributed by atoms with E-state index in [9.17, 15) is 4.79 Å². The number of benzene rings is 1. The second-order valence-electron chi connectivity index (χ2n) is 7.06. The van der Waals surface area contributed by atoms with Gasteiger partial charge in [0.1, 0.15) is 5.60 Å². The van der Waals surface area contributed by atoms with Crippen LogP contribution in [0.1, 0.15) is 65.5 Å². The molecule has 0 saturated carbocycles. The molecule has 0 aromatic heterocycles. The third-order valence-electron chi connectivity index (χ3n) is 3.48. The fraction of sp³-hybridized carbons (Fsp3) is 0.632. The first-order chi connectivity index (χ1) is 10.8. The summed E-state index contributed by atoms with van der Waals surface area (Å²) in [5, 5.41) is 6.44. The van der Waals surface area contributed by atoms with Gasteiger partial charge in [-0.25, -0.2) is 4.79 Å². The van der Waals surface area contributed by atoms with Gasteiger partial charge in [-0.05, 0) is 39.7 Å². The Hall–Kier alpha value is -1.55. The van der Waals surface area contributed by atoms with Crippen molar-refractivity contribution in [3.8, 4) is 0 Å². The lowest BCUT2D eigenvalue weighted by Gasteiger charge is -2.24. The summed E-state index contributed by atoms with van der Waals surface area (Å²) in [6, 6.07) is 10.8. The number of ether oxygens (including phenoxy) is 1. The minimum Gasteiger partial charge on any atom is -0.444 e. The number of alkyl carbamates (subject to hydrolysis) is 1. The van der Waals surface area contributed by atoms with Crippen molar-refractivity contribution in [1.29, 1.82) is 0 Å². The third kappa shape index (κ3) is 8.60. The second-order valence-corrected chi connectivity index (χ2v) is 7.06. The van der Waals surface area contributed by atoms with E-state index in [1.54, 1.807) is 0 Å². The molecule has 4 heteroatoms. The van der Waals surface area contributed by atoms with Gasteiger partial charge in [-0.2, -0.15) is 0 Å². The van der Waals surface area contributed by atoms with Gasteiger partial charge in [-0.15, -0.1) is 0 Å². The average Bonchev–Trinajstić information content (AvgIpc) is 2.46. The number of carbonyl (C=O) groups is 1. The molecule has 0 saturated heterocycles. The molecule has 0 fully saturated rings. The smallest absolute Gasteiger partial charge is 0.407 e. The summed E-state index contributed by atoms with van der Waals surface area (Å²) < 4.78 is 5.29. The predicted molar refractivity (Wildman–Crippen MR) is 95.5 cm³/mol. The van der Waals surface area contributed by atoms with Crippen LogP contribution in [0.15, 0.2) is 30.3 Å². The van der Waals surface area contributed by atoms with Crippen molar-refractivity contribution in [1.82, 2.24) is 10.6 Å². The number of hydrogen-bond donors (Lipinski definition) is 2. The Labute approximate surface area is 141 Å². The molecule has 4 nitrogen and oxygen atoms in total. The molecule has 1 rings (SSSR count). The summed E-state index contributed by atoms with van der Waals surface area (Å²) in [5.74, 6) is 0. The molecule has 2 unspecified atom stereocenters. The van der Waals surface area contributed by atoms with E-state index in [2.05, 4.69) is 41.8 Å². The van der Waals surface area contributed by atoms with Crippen molar-refractivity contribution < 1.29 is 9.53 Å². The van der Waals surface area contributed by atoms with E-state index in [4.69, 9.17) is 4.74 Å². The van der Waals surface area contributed by atoms with Gasteiger partial charge in [0.15, 0.2) is 0 Å². The van der Waals surface area contributed by atoms with Crippen molar-refractivity contribution in [3.63, 3.8) is 0 Å². The van der Waals surface area contributed by atoms with E-state index in [0.29, 0.717) is 12.6 Å². The summed E-state index contributed by atoms with van der Waals surface area (Å²) in [6.07, 6.45) is 3.09. The molecular weight excluding hydrogens is 288 g/mol. The Balaban J connectivity index is 2.49. The quantitative estimate of drug-likeness (QED) is 0.745. The van der Waals surface area contributed by atoms with Gasteiger partial charge in [0.25, 0.3) is 0 Å². The van der Waals surface area contributed by atoms with Crippen LogP contribution >= 0.6 is 0 Å². The Morgan fingerprint density at radius 2 is 1.87 bits per heavy atom. The predicted octanol–water partition coefficient (Wildman–Crippen LogP) is 4.42. The Kier molecular flexibility index (Phi) is 8.10. The molecule has 0 spiro atoms. The van der Waals surface area contributed by atoms with Crippen LogP contribution in [0.25, 0.3) is 0 Å². The number of unbranched alkanes of at least 4 members (excludes halogenated alkanes) is 1. The van der Waals surface area contributed by atoms with E-state index in [1.807, 2.05) is 33.8 Å². The summed E-state index contributed by atoms with van der Waals surface area (Å²) in [7, 11) is 0. The molecule has 23 heavy (non-hydrogen) atoms. The third-order valence-corrected chi connectivity index (χ3v) is 3.48. The van der Waals surface area contributed by atoms with E-state index in [-0.39, 0.29) is 12.1 Å². The standard InChI is InChI=1S/C19H32N2O2/c1-6-7-13-17(16-11-9-8-10-12-16)20-14-15(2)21-18(22)23-19(3,4)5/h8-12,15,17,20H,6-7,13-14H2,1-5H3,(H,21,22). The molecule has 2 N–H and O–H groups in total. The fourth-order valence-electron chi connectivity index (χ4n) is 2.36. The maximum Gasteiger partial charge on any atom is 0.407 e. The first-order valence-corrected chi connectivity index (χ1v) is 8.59. The second kappa shape index (κ2) is 9.56. The maximum absolute atomic E-state index is 11.8. The summed E-state index contributed by atoms with van der Waals surface area (Å²) in [6.45, 7) is 10.5. The van der Waals surface area contributed by atoms with Crippen molar-refractivity contribution in [2.75, 3.05) is 6.54 Å². The summed E-state index contributed by atoms with van der Waals surface area (Å²) >= 11 is 0. The van der Waals surface area contributed by atoms with E-state index < -0.39 is 5.60 Å². The van der Waals surface area contributed by atoms with Crippen LogP contribution in [0, 0.1) is 0 Å². The highest BCUT2D eigenvalue weighted by Crippen LogP contribution is 2.19. The van der Waals surface area contributed by atoms with Crippen molar-refractivity contribution >= 4 is 6.09 Å². The minimum absolute atomic E-state index is 0.0117. The highest BCUT2D eigenvalue weighted by Gasteiger charge is 2.18. The Bertz CT molecular complexity index is 454. The molecule has 0 radical (unpaired) electrons. The van der Waals surface area contributed by atoms with Crippen LogP contribution in [0.5, 0.6) is 0 Å². The lowest BCUT2D eigenvalue weighted by molar-refractivity contribution is 0.0507. The van der Waals surface area contributed by atoms with Gasteiger partial charge in [-0.1, -0.05) is 50.1 Å². The molecule has 0 heterocycles. The molecule has 0 aliphatic carbocycles. The summed E-state index contributed by atoms with van der Waals surface area (Å²) in [5.41, 5.74) is 0.829. The van der Waals surface area contributed by atoms with Crippen molar-refractivity contribution in [2.24, 2.45) is 0 Å². The normalized spacial score (nSPS) is 14.1. The molecular formula is C19H32N2O2. The van der Waals surface area contributed by atoms with E-state index >= 15 is 0 Å². The molecule has 1 amide bonds. The summed E-state index contributed by atoms with van der Waals surface area (Å²) in [4.78, 5) is 11.8. The SMILES string of the molecule is CCCCC(NCC(C)NC(=O)OC(C)(C)C)c1ccccc1. The van der Waals surface area contributed by atoms with Crippen LogP contribution < -0.4 is 10.6 Å². The van der Waals surface area contributed by atoms with Crippen molar-refractivity contribution in [3.05, 3.63) is 35.9 Å². The molecule has 2 atom stereocenters. The Morgan fingerprint density at radius 1 is 1.22 bits per heavy atom. The molecule has 0 aliphatic heterocycles. The van der Waals surface area contributed by atoms with Gasteiger partial charge in [0, 0.05) is 18.6 Å². The number of hydrogen-bond acceptors (Lipinski definition) is 3. The number of nitrogens with one attached hydrogen (secondary N) is 2. The van der Waals surface area contributed by atoms with Gasteiger partial charge >= 0.3 is 6.09 Å². The van der Waals surface area contributed by atoms with Gasteiger partial charge in [-0.3, -0.25) is 0 Å². The number of carbonyl (C=O) groups excluding carboxylic acids is 1. The van der Waals surface area contributed by atoms with Gasteiger partial charge in [0.05, 0.1) is 0 Å². The zero-order valence-corrected chi connectivity index (χ0v) is 15.2. The zero-order chi connectivity index (χ0) is 17.3. The average molecular weight is 320 g/mol. The highest BCUT2D eigenvalue weighted by molar-refractivity contribution is 5.68. The molecule has 130 valence electrons.